The van der Waals surface area contributed by atoms with E-state index in [1.165, 1.54) is 0 Å². The van der Waals surface area contributed by atoms with Crippen LogP contribution < -0.4 is 0 Å². The van der Waals surface area contributed by atoms with Crippen molar-refractivity contribution in [1.82, 2.24) is 15.2 Å². The highest BCUT2D eigenvalue weighted by molar-refractivity contribution is 5.81. The topological polar surface area (TPSA) is 58.6 Å². The number of nitrogens with one attached hydrogen (secondary N) is 1. The second kappa shape index (κ2) is 18.8. The van der Waals surface area contributed by atoms with E-state index in [1.54, 1.807) is 6.92 Å². The minimum atomic E-state index is -0.117. The second-order valence-electron chi connectivity index (χ2n) is 8.04. The Morgan fingerprint density at radius 1 is 1.03 bits per heavy atom. The van der Waals surface area contributed by atoms with E-state index < -0.39 is 0 Å². The summed E-state index contributed by atoms with van der Waals surface area (Å²) in [6, 6.07) is 9.94. The zero-order valence-electron chi connectivity index (χ0n) is 22.9. The van der Waals surface area contributed by atoms with E-state index >= 15 is 0 Å². The molecule has 0 aliphatic rings. The highest BCUT2D eigenvalue weighted by Crippen LogP contribution is 2.25. The SMILES string of the molecule is CC.CC.CC(=O)C(C)(C)CC(C)C.C\C=C/C=C\C(=C/C)c1nc(-c2ccccc2)n[nH]1. The van der Waals surface area contributed by atoms with Crippen LogP contribution in [0.4, 0.5) is 0 Å². The largest absolute Gasteiger partial charge is 0.299 e. The van der Waals surface area contributed by atoms with Crippen LogP contribution >= 0.6 is 0 Å². The Hall–Kier alpha value is -2.75. The van der Waals surface area contributed by atoms with Gasteiger partial charge >= 0.3 is 0 Å². The first-order valence-corrected chi connectivity index (χ1v) is 12.2. The average molecular weight is 454 g/mol. The molecular weight excluding hydrogens is 406 g/mol. The van der Waals surface area contributed by atoms with Crippen molar-refractivity contribution in [2.24, 2.45) is 11.3 Å². The van der Waals surface area contributed by atoms with Gasteiger partial charge < -0.3 is 0 Å². The van der Waals surface area contributed by atoms with Gasteiger partial charge in [-0.1, -0.05) is 116 Å². The molecule has 1 heterocycles. The summed E-state index contributed by atoms with van der Waals surface area (Å²) in [4.78, 5) is 15.5. The third-order valence-corrected chi connectivity index (χ3v) is 4.55. The maximum Gasteiger partial charge on any atom is 0.181 e. The first-order chi connectivity index (χ1) is 15.7. The Morgan fingerprint density at radius 3 is 2.03 bits per heavy atom. The van der Waals surface area contributed by atoms with E-state index in [9.17, 15) is 4.79 Å². The van der Waals surface area contributed by atoms with Crippen molar-refractivity contribution in [3.05, 3.63) is 66.5 Å². The van der Waals surface area contributed by atoms with Crippen LogP contribution in [0.1, 0.15) is 88.4 Å². The molecule has 0 saturated carbocycles. The van der Waals surface area contributed by atoms with Crippen molar-refractivity contribution in [2.45, 2.75) is 82.6 Å². The molecule has 2 rings (SSSR count). The summed E-state index contributed by atoms with van der Waals surface area (Å²) >= 11 is 0. The highest BCUT2D eigenvalue weighted by atomic mass is 16.1. The third-order valence-electron chi connectivity index (χ3n) is 4.55. The molecule has 0 unspecified atom stereocenters. The van der Waals surface area contributed by atoms with Crippen molar-refractivity contribution in [3.8, 4) is 11.4 Å². The van der Waals surface area contributed by atoms with Crippen LogP contribution in [0.2, 0.25) is 0 Å². The van der Waals surface area contributed by atoms with Gasteiger partial charge in [-0.2, -0.15) is 5.10 Å². The number of H-pyrrole nitrogens is 1. The Bertz CT molecular complexity index is 841. The van der Waals surface area contributed by atoms with Gasteiger partial charge in [0.05, 0.1) is 0 Å². The van der Waals surface area contributed by atoms with Gasteiger partial charge in [-0.25, -0.2) is 4.98 Å². The number of carbonyl (C=O) groups excluding carboxylic acids is 1. The fourth-order valence-electron chi connectivity index (χ4n) is 2.85. The molecule has 1 aromatic heterocycles. The highest BCUT2D eigenvalue weighted by Gasteiger charge is 2.24. The van der Waals surface area contributed by atoms with E-state index in [0.29, 0.717) is 11.7 Å². The molecule has 4 heteroatoms. The predicted molar refractivity (Wildman–Crippen MR) is 146 cm³/mol. The molecule has 0 amide bonds. The van der Waals surface area contributed by atoms with E-state index in [0.717, 1.165) is 29.2 Å². The molecule has 184 valence electrons. The molecule has 0 aliphatic heterocycles. The smallest absolute Gasteiger partial charge is 0.181 e. The third kappa shape index (κ3) is 13.4. The van der Waals surface area contributed by atoms with Crippen LogP contribution in [0, 0.1) is 11.3 Å². The molecule has 0 saturated heterocycles. The molecule has 1 N–H and O–H groups in total. The van der Waals surface area contributed by atoms with Gasteiger partial charge in [-0.05, 0) is 33.1 Å². The molecule has 0 radical (unpaired) electrons. The van der Waals surface area contributed by atoms with E-state index in [2.05, 4.69) is 29.0 Å². The quantitative estimate of drug-likeness (QED) is 0.426. The van der Waals surface area contributed by atoms with Crippen LogP contribution in [-0.4, -0.2) is 21.0 Å². The van der Waals surface area contributed by atoms with Crippen molar-refractivity contribution in [2.75, 3.05) is 0 Å². The van der Waals surface area contributed by atoms with Crippen molar-refractivity contribution in [1.29, 1.82) is 0 Å². The molecule has 33 heavy (non-hydrogen) atoms. The number of hydrogen-bond donors (Lipinski definition) is 1. The van der Waals surface area contributed by atoms with E-state index in [-0.39, 0.29) is 5.41 Å². The molecule has 0 bridgehead atoms. The number of nitrogens with zero attached hydrogens (tertiary/aromatic N) is 2. The van der Waals surface area contributed by atoms with Gasteiger partial charge in [0.15, 0.2) is 11.6 Å². The number of carbonyl (C=O) groups is 1. The molecular formula is C29H47N3O. The van der Waals surface area contributed by atoms with Gasteiger partial charge in [0.1, 0.15) is 5.78 Å². The Kier molecular flexibility index (Phi) is 18.5. The summed E-state index contributed by atoms with van der Waals surface area (Å²) in [7, 11) is 0. The number of ketones is 1. The van der Waals surface area contributed by atoms with Gasteiger partial charge in [0.25, 0.3) is 0 Å². The molecule has 2 aromatic rings. The summed E-state index contributed by atoms with van der Waals surface area (Å²) < 4.78 is 0. The van der Waals surface area contributed by atoms with Crippen LogP contribution in [0.5, 0.6) is 0 Å². The Balaban J connectivity index is 0. The molecule has 4 nitrogen and oxygen atoms in total. The summed E-state index contributed by atoms with van der Waals surface area (Å²) in [5.74, 6) is 2.40. The Morgan fingerprint density at radius 2 is 1.61 bits per heavy atom. The first kappa shape index (κ1) is 32.4. The minimum absolute atomic E-state index is 0.117. The van der Waals surface area contributed by atoms with Crippen LogP contribution in [-0.2, 0) is 4.79 Å². The summed E-state index contributed by atoms with van der Waals surface area (Å²) in [6.45, 7) is 21.9. The fourth-order valence-corrected chi connectivity index (χ4v) is 2.85. The second-order valence-corrected chi connectivity index (χ2v) is 8.04. The molecule has 0 aliphatic carbocycles. The van der Waals surface area contributed by atoms with Crippen molar-refractivity contribution in [3.63, 3.8) is 0 Å². The Labute approximate surface area is 203 Å². The van der Waals surface area contributed by atoms with Gasteiger partial charge in [-0.3, -0.25) is 9.89 Å². The fraction of sp³-hybridized carbons (Fsp3) is 0.483. The zero-order chi connectivity index (χ0) is 25.9. The summed E-state index contributed by atoms with van der Waals surface area (Å²) in [5.41, 5.74) is 1.92. The number of benzene rings is 1. The van der Waals surface area contributed by atoms with Crippen molar-refractivity contribution < 1.29 is 4.79 Å². The zero-order valence-corrected chi connectivity index (χ0v) is 22.9. The van der Waals surface area contributed by atoms with E-state index in [4.69, 9.17) is 0 Å². The van der Waals surface area contributed by atoms with Gasteiger partial charge in [0.2, 0.25) is 0 Å². The molecule has 0 fully saturated rings. The number of aromatic amines is 1. The number of Topliss-reactive ketones (excluding diaryl/α,β-unsaturated/α-hetero) is 1. The normalized spacial score (nSPS) is 11.3. The van der Waals surface area contributed by atoms with E-state index in [1.807, 2.05) is 116 Å². The lowest BCUT2D eigenvalue weighted by atomic mass is 9.81. The lowest BCUT2D eigenvalue weighted by Gasteiger charge is -2.22. The number of rotatable bonds is 7. The number of allylic oxidation sites excluding steroid dienone is 6. The summed E-state index contributed by atoms with van der Waals surface area (Å²) in [6.07, 6.45) is 11.0. The molecule has 0 atom stereocenters. The maximum atomic E-state index is 11.0. The lowest BCUT2D eigenvalue weighted by Crippen LogP contribution is -2.23. The summed E-state index contributed by atoms with van der Waals surface area (Å²) in [5, 5.41) is 7.23. The van der Waals surface area contributed by atoms with Crippen molar-refractivity contribution >= 4 is 11.4 Å². The average Bonchev–Trinajstić information content (AvgIpc) is 3.30. The number of hydrogen-bond acceptors (Lipinski definition) is 3. The lowest BCUT2D eigenvalue weighted by molar-refractivity contribution is -0.125. The molecule has 1 aromatic carbocycles. The van der Waals surface area contributed by atoms with Crippen LogP contribution in [0.25, 0.3) is 17.0 Å². The monoisotopic (exact) mass is 453 g/mol. The predicted octanol–water partition coefficient (Wildman–Crippen LogP) is 8.71. The minimum Gasteiger partial charge on any atom is -0.299 e. The van der Waals surface area contributed by atoms with Crippen LogP contribution in [0.3, 0.4) is 0 Å². The number of aromatic nitrogens is 3. The van der Waals surface area contributed by atoms with Crippen LogP contribution in [0.15, 0.2) is 60.7 Å². The standard InChI is InChI=1S/C16H17N3.C9H18O.2C2H6/c1-3-5-7-10-13(4-2)15-17-16(19-18-15)14-11-8-6-9-12-14;1-7(2)6-9(4,5)8(3)10;2*1-2/h3-12H,1-2H3,(H,17,18,19);7H,6H2,1-5H3;2*1-2H3/b5-3-,10-7-,13-4+;;;. The van der Waals surface area contributed by atoms with Gasteiger partial charge in [-0.15, -0.1) is 0 Å². The molecule has 0 spiro atoms. The first-order valence-electron chi connectivity index (χ1n) is 12.2. The maximum absolute atomic E-state index is 11.0. The van der Waals surface area contributed by atoms with Gasteiger partial charge in [0, 0.05) is 16.6 Å².